The molecule has 0 spiro atoms. The maximum absolute atomic E-state index is 9.21. The van der Waals surface area contributed by atoms with E-state index in [2.05, 4.69) is 18.2 Å². The van der Waals surface area contributed by atoms with Gasteiger partial charge in [0.1, 0.15) is 5.75 Å². The van der Waals surface area contributed by atoms with Crippen LogP contribution in [0.1, 0.15) is 13.8 Å². The monoisotopic (exact) mass is 230 g/mol. The number of hydrogen-bond donors (Lipinski definition) is 1. The summed E-state index contributed by atoms with van der Waals surface area (Å²) in [4.78, 5) is 0. The summed E-state index contributed by atoms with van der Waals surface area (Å²) in [5.41, 5.74) is -0.211. The van der Waals surface area contributed by atoms with Crippen LogP contribution in [0.3, 0.4) is 0 Å². The van der Waals surface area contributed by atoms with Crippen LogP contribution >= 0.6 is 0 Å². The van der Waals surface area contributed by atoms with Gasteiger partial charge in [0.05, 0.1) is 13.2 Å². The van der Waals surface area contributed by atoms with E-state index >= 15 is 0 Å². The second-order valence-electron chi connectivity index (χ2n) is 5.09. The van der Waals surface area contributed by atoms with E-state index < -0.39 is 0 Å². The molecule has 0 saturated carbocycles. The molecule has 2 heteroatoms. The molecular weight excluding hydrogens is 212 g/mol. The smallest absolute Gasteiger partial charge is 0.127 e. The van der Waals surface area contributed by atoms with Crippen molar-refractivity contribution in [3.63, 3.8) is 0 Å². The molecule has 0 bridgehead atoms. The molecule has 0 saturated heterocycles. The van der Waals surface area contributed by atoms with Gasteiger partial charge in [0.15, 0.2) is 0 Å². The van der Waals surface area contributed by atoms with E-state index in [4.69, 9.17) is 4.74 Å². The zero-order chi connectivity index (χ0) is 12.3. The lowest BCUT2D eigenvalue weighted by Crippen LogP contribution is -2.25. The van der Waals surface area contributed by atoms with E-state index in [1.54, 1.807) is 0 Å². The van der Waals surface area contributed by atoms with Crippen molar-refractivity contribution >= 4 is 10.8 Å². The highest BCUT2D eigenvalue weighted by atomic mass is 16.5. The molecule has 0 aromatic heterocycles. The molecule has 2 rings (SSSR count). The standard InChI is InChI=1S/C15H18O2/c1-15(2,10-16)11-17-14-9-5-7-12-6-3-4-8-13(12)14/h3-9,16H,10-11H2,1-2H3. The summed E-state index contributed by atoms with van der Waals surface area (Å²) < 4.78 is 5.81. The Morgan fingerprint density at radius 3 is 2.53 bits per heavy atom. The molecule has 2 aromatic rings. The molecule has 2 aromatic carbocycles. The van der Waals surface area contributed by atoms with Gasteiger partial charge in [-0.15, -0.1) is 0 Å². The van der Waals surface area contributed by atoms with Crippen LogP contribution in [0.15, 0.2) is 42.5 Å². The van der Waals surface area contributed by atoms with Crippen molar-refractivity contribution < 1.29 is 9.84 Å². The van der Waals surface area contributed by atoms with E-state index in [0.29, 0.717) is 6.61 Å². The van der Waals surface area contributed by atoms with Gasteiger partial charge in [-0.2, -0.15) is 0 Å². The number of benzene rings is 2. The fourth-order valence-corrected chi connectivity index (χ4v) is 1.64. The Kier molecular flexibility index (Phi) is 3.34. The lowest BCUT2D eigenvalue weighted by molar-refractivity contribution is 0.0983. The summed E-state index contributed by atoms with van der Waals surface area (Å²) in [5, 5.41) is 11.5. The first-order valence-corrected chi connectivity index (χ1v) is 5.84. The number of aliphatic hydroxyl groups excluding tert-OH is 1. The Morgan fingerprint density at radius 2 is 1.76 bits per heavy atom. The molecule has 1 N–H and O–H groups in total. The van der Waals surface area contributed by atoms with Crippen LogP contribution in [0, 0.1) is 5.41 Å². The van der Waals surface area contributed by atoms with E-state index in [9.17, 15) is 5.11 Å². The molecule has 90 valence electrons. The summed E-state index contributed by atoms with van der Waals surface area (Å²) in [7, 11) is 0. The maximum atomic E-state index is 9.21. The summed E-state index contributed by atoms with van der Waals surface area (Å²) in [5.74, 6) is 0.879. The molecule has 0 aliphatic carbocycles. The molecule has 0 aliphatic rings. The van der Waals surface area contributed by atoms with Gasteiger partial charge >= 0.3 is 0 Å². The second-order valence-corrected chi connectivity index (χ2v) is 5.09. The van der Waals surface area contributed by atoms with Crippen molar-refractivity contribution in [3.8, 4) is 5.75 Å². The molecule has 0 fully saturated rings. The van der Waals surface area contributed by atoms with Crippen LogP contribution in [-0.2, 0) is 0 Å². The third-order valence-electron chi connectivity index (χ3n) is 2.80. The fraction of sp³-hybridized carbons (Fsp3) is 0.333. The normalized spacial score (nSPS) is 11.7. The second kappa shape index (κ2) is 4.76. The predicted molar refractivity (Wildman–Crippen MR) is 70.3 cm³/mol. The molecule has 17 heavy (non-hydrogen) atoms. The first-order chi connectivity index (χ1) is 8.12. The zero-order valence-electron chi connectivity index (χ0n) is 10.3. The average molecular weight is 230 g/mol. The lowest BCUT2D eigenvalue weighted by atomic mass is 9.96. The van der Waals surface area contributed by atoms with Gasteiger partial charge in [0.25, 0.3) is 0 Å². The minimum absolute atomic E-state index is 0.123. The number of hydrogen-bond acceptors (Lipinski definition) is 2. The average Bonchev–Trinajstić information content (AvgIpc) is 2.36. The minimum Gasteiger partial charge on any atom is -0.492 e. The Morgan fingerprint density at radius 1 is 1.06 bits per heavy atom. The van der Waals surface area contributed by atoms with E-state index in [1.165, 1.54) is 5.39 Å². The number of aliphatic hydroxyl groups is 1. The van der Waals surface area contributed by atoms with Crippen LogP contribution in [-0.4, -0.2) is 18.3 Å². The van der Waals surface area contributed by atoms with Crippen LogP contribution in [0.2, 0.25) is 0 Å². The van der Waals surface area contributed by atoms with Crippen molar-refractivity contribution in [3.05, 3.63) is 42.5 Å². The summed E-state index contributed by atoms with van der Waals surface area (Å²) in [6, 6.07) is 14.2. The number of fused-ring (bicyclic) bond motifs is 1. The van der Waals surface area contributed by atoms with Crippen molar-refractivity contribution in [2.24, 2.45) is 5.41 Å². The van der Waals surface area contributed by atoms with Gasteiger partial charge in [0, 0.05) is 10.8 Å². The number of rotatable bonds is 4. The quantitative estimate of drug-likeness (QED) is 0.873. The third kappa shape index (κ3) is 2.77. The van der Waals surface area contributed by atoms with Crippen molar-refractivity contribution in [1.29, 1.82) is 0 Å². The zero-order valence-corrected chi connectivity index (χ0v) is 10.3. The highest BCUT2D eigenvalue weighted by Gasteiger charge is 2.17. The topological polar surface area (TPSA) is 29.5 Å². The highest BCUT2D eigenvalue weighted by molar-refractivity contribution is 5.88. The molecular formula is C15H18O2. The van der Waals surface area contributed by atoms with Crippen molar-refractivity contribution in [1.82, 2.24) is 0 Å². The van der Waals surface area contributed by atoms with Gasteiger partial charge in [-0.3, -0.25) is 0 Å². The summed E-state index contributed by atoms with van der Waals surface area (Å²) in [6.45, 7) is 4.60. The Labute approximate surface area is 102 Å². The van der Waals surface area contributed by atoms with Gasteiger partial charge in [0.2, 0.25) is 0 Å². The van der Waals surface area contributed by atoms with Crippen LogP contribution in [0.4, 0.5) is 0 Å². The first kappa shape index (κ1) is 11.9. The van der Waals surface area contributed by atoms with Crippen LogP contribution < -0.4 is 4.74 Å². The van der Waals surface area contributed by atoms with E-state index in [0.717, 1.165) is 11.1 Å². The van der Waals surface area contributed by atoms with Gasteiger partial charge in [-0.05, 0) is 11.5 Å². The van der Waals surface area contributed by atoms with Gasteiger partial charge in [-0.25, -0.2) is 0 Å². The third-order valence-corrected chi connectivity index (χ3v) is 2.80. The van der Waals surface area contributed by atoms with Crippen LogP contribution in [0.25, 0.3) is 10.8 Å². The van der Waals surface area contributed by atoms with Crippen LogP contribution in [0.5, 0.6) is 5.75 Å². The van der Waals surface area contributed by atoms with Crippen molar-refractivity contribution in [2.45, 2.75) is 13.8 Å². The SMILES string of the molecule is CC(C)(CO)COc1cccc2ccccc12. The molecule has 0 heterocycles. The van der Waals surface area contributed by atoms with Gasteiger partial charge < -0.3 is 9.84 Å². The van der Waals surface area contributed by atoms with E-state index in [-0.39, 0.29) is 12.0 Å². The highest BCUT2D eigenvalue weighted by Crippen LogP contribution is 2.26. The molecule has 0 radical (unpaired) electrons. The molecule has 0 atom stereocenters. The first-order valence-electron chi connectivity index (χ1n) is 5.84. The van der Waals surface area contributed by atoms with Gasteiger partial charge in [-0.1, -0.05) is 50.2 Å². The Balaban J connectivity index is 2.24. The minimum atomic E-state index is -0.211. The Bertz CT molecular complexity index is 498. The number of ether oxygens (including phenoxy) is 1. The van der Waals surface area contributed by atoms with Crippen molar-refractivity contribution in [2.75, 3.05) is 13.2 Å². The lowest BCUT2D eigenvalue weighted by Gasteiger charge is -2.22. The predicted octanol–water partition coefficient (Wildman–Crippen LogP) is 3.24. The maximum Gasteiger partial charge on any atom is 0.127 e. The molecule has 0 unspecified atom stereocenters. The fourth-order valence-electron chi connectivity index (χ4n) is 1.64. The molecule has 2 nitrogen and oxygen atoms in total. The largest absolute Gasteiger partial charge is 0.492 e. The molecule has 0 aliphatic heterocycles. The molecule has 0 amide bonds. The Hall–Kier alpha value is -1.54. The summed E-state index contributed by atoms with van der Waals surface area (Å²) in [6.07, 6.45) is 0. The van der Waals surface area contributed by atoms with E-state index in [1.807, 2.05) is 38.1 Å². The summed E-state index contributed by atoms with van der Waals surface area (Å²) >= 11 is 0.